The number of ether oxygens (including phenoxy) is 1. The molecule has 128 valence electrons. The highest BCUT2D eigenvalue weighted by Crippen LogP contribution is 2.22. The zero-order valence-electron chi connectivity index (χ0n) is 13.9. The molecule has 2 aromatic carbocycles. The molecule has 3 nitrogen and oxygen atoms in total. The number of hydrogen-bond acceptors (Lipinski definition) is 1. The fourth-order valence-corrected chi connectivity index (χ4v) is 3.78. The maximum atomic E-state index is 13.8. The summed E-state index contributed by atoms with van der Waals surface area (Å²) < 4.78 is 20.4. The van der Waals surface area contributed by atoms with E-state index in [0.717, 1.165) is 55.1 Å². The zero-order chi connectivity index (χ0) is 16.9. The SMILES string of the molecule is COc1ccc(Br)cc1C[NH+]1CC[NH+](Cc2ccccc2F)CC1. The molecule has 1 saturated heterocycles. The first-order valence-electron chi connectivity index (χ1n) is 8.38. The summed E-state index contributed by atoms with van der Waals surface area (Å²) in [7, 11) is 1.72. The second-order valence-electron chi connectivity index (χ2n) is 6.40. The molecule has 0 aromatic heterocycles. The van der Waals surface area contributed by atoms with Gasteiger partial charge in [0.15, 0.2) is 0 Å². The Balaban J connectivity index is 1.56. The number of nitrogens with one attached hydrogen (secondary N) is 2. The van der Waals surface area contributed by atoms with E-state index in [1.165, 1.54) is 10.5 Å². The van der Waals surface area contributed by atoms with E-state index in [0.29, 0.717) is 0 Å². The Hall–Kier alpha value is -1.43. The van der Waals surface area contributed by atoms with Crippen LogP contribution in [0.3, 0.4) is 0 Å². The molecule has 0 radical (unpaired) electrons. The van der Waals surface area contributed by atoms with E-state index < -0.39 is 0 Å². The fourth-order valence-electron chi connectivity index (χ4n) is 3.38. The molecule has 0 aliphatic carbocycles. The molecule has 0 unspecified atom stereocenters. The van der Waals surface area contributed by atoms with Crippen molar-refractivity contribution in [3.63, 3.8) is 0 Å². The average Bonchev–Trinajstić information content (AvgIpc) is 2.59. The van der Waals surface area contributed by atoms with Crippen molar-refractivity contribution in [1.82, 2.24) is 0 Å². The van der Waals surface area contributed by atoms with Crippen molar-refractivity contribution < 1.29 is 18.9 Å². The summed E-state index contributed by atoms with van der Waals surface area (Å²) in [6.07, 6.45) is 0. The predicted molar refractivity (Wildman–Crippen MR) is 95.9 cm³/mol. The van der Waals surface area contributed by atoms with Crippen molar-refractivity contribution in [1.29, 1.82) is 0 Å². The number of hydrogen-bond donors (Lipinski definition) is 2. The zero-order valence-corrected chi connectivity index (χ0v) is 15.5. The quantitative estimate of drug-likeness (QED) is 0.776. The van der Waals surface area contributed by atoms with Crippen LogP contribution >= 0.6 is 15.9 Å². The van der Waals surface area contributed by atoms with Crippen LogP contribution in [-0.4, -0.2) is 33.3 Å². The summed E-state index contributed by atoms with van der Waals surface area (Å²) in [5, 5.41) is 0. The Morgan fingerprint density at radius 3 is 2.21 bits per heavy atom. The van der Waals surface area contributed by atoms with E-state index in [4.69, 9.17) is 4.74 Å². The van der Waals surface area contributed by atoms with E-state index >= 15 is 0 Å². The molecule has 2 N–H and O–H groups in total. The smallest absolute Gasteiger partial charge is 0.132 e. The van der Waals surface area contributed by atoms with Gasteiger partial charge in [-0.05, 0) is 24.3 Å². The molecule has 1 fully saturated rings. The summed E-state index contributed by atoms with van der Waals surface area (Å²) in [5.41, 5.74) is 2.06. The number of methoxy groups -OCH3 is 1. The van der Waals surface area contributed by atoms with Crippen molar-refractivity contribution in [3.05, 3.63) is 63.9 Å². The van der Waals surface area contributed by atoms with Crippen LogP contribution in [0.4, 0.5) is 4.39 Å². The number of piperazine rings is 1. The van der Waals surface area contributed by atoms with Gasteiger partial charge in [-0.1, -0.05) is 34.1 Å². The van der Waals surface area contributed by atoms with Gasteiger partial charge in [-0.25, -0.2) is 4.39 Å². The molecule has 0 saturated carbocycles. The number of benzene rings is 2. The lowest BCUT2D eigenvalue weighted by Crippen LogP contribution is -3.27. The topological polar surface area (TPSA) is 18.1 Å². The predicted octanol–water partition coefficient (Wildman–Crippen LogP) is 1.08. The number of quaternary nitrogens is 2. The lowest BCUT2D eigenvalue weighted by molar-refractivity contribution is -1.02. The first-order valence-corrected chi connectivity index (χ1v) is 9.18. The maximum Gasteiger partial charge on any atom is 0.132 e. The Kier molecular flexibility index (Phi) is 5.87. The van der Waals surface area contributed by atoms with Gasteiger partial charge in [0.05, 0.1) is 7.11 Å². The molecular weight excluding hydrogens is 371 g/mol. The molecule has 1 aliphatic rings. The van der Waals surface area contributed by atoms with Crippen molar-refractivity contribution in [3.8, 4) is 5.75 Å². The highest BCUT2D eigenvalue weighted by molar-refractivity contribution is 9.10. The van der Waals surface area contributed by atoms with Gasteiger partial charge in [0.25, 0.3) is 0 Å². The second kappa shape index (κ2) is 8.10. The summed E-state index contributed by atoms with van der Waals surface area (Å²) in [6.45, 7) is 6.08. The molecule has 0 amide bonds. The molecule has 1 aliphatic heterocycles. The van der Waals surface area contributed by atoms with Crippen molar-refractivity contribution in [2.24, 2.45) is 0 Å². The van der Waals surface area contributed by atoms with E-state index in [1.54, 1.807) is 24.1 Å². The molecule has 3 rings (SSSR count). The summed E-state index contributed by atoms with van der Waals surface area (Å²) in [4.78, 5) is 3.02. The highest BCUT2D eigenvalue weighted by Gasteiger charge is 2.24. The van der Waals surface area contributed by atoms with Gasteiger partial charge in [-0.15, -0.1) is 0 Å². The molecule has 0 bridgehead atoms. The van der Waals surface area contributed by atoms with Gasteiger partial charge in [-0.3, -0.25) is 0 Å². The van der Waals surface area contributed by atoms with Crippen LogP contribution in [0, 0.1) is 5.82 Å². The van der Waals surface area contributed by atoms with Gasteiger partial charge in [-0.2, -0.15) is 0 Å². The summed E-state index contributed by atoms with van der Waals surface area (Å²) >= 11 is 3.54. The first-order chi connectivity index (χ1) is 11.7. The van der Waals surface area contributed by atoms with Gasteiger partial charge in [0.2, 0.25) is 0 Å². The standard InChI is InChI=1S/C19H22BrFN2O/c1-24-19-7-6-17(20)12-16(19)14-23-10-8-22(9-11-23)13-15-4-2-3-5-18(15)21/h2-7,12H,8-11,13-14H2,1H3/p+2. The van der Waals surface area contributed by atoms with Crippen molar-refractivity contribution in [2.75, 3.05) is 33.3 Å². The van der Waals surface area contributed by atoms with Crippen molar-refractivity contribution in [2.45, 2.75) is 13.1 Å². The minimum atomic E-state index is -0.0846. The molecule has 24 heavy (non-hydrogen) atoms. The molecular formula is C19H24BrFN2O+2. The van der Waals surface area contributed by atoms with Crippen LogP contribution < -0.4 is 14.5 Å². The Bertz CT molecular complexity index is 687. The average molecular weight is 395 g/mol. The van der Waals surface area contributed by atoms with Gasteiger partial charge in [0, 0.05) is 15.6 Å². The first kappa shape index (κ1) is 17.4. The Morgan fingerprint density at radius 2 is 1.58 bits per heavy atom. The number of halogens is 2. The minimum Gasteiger partial charge on any atom is -0.496 e. The van der Waals surface area contributed by atoms with Gasteiger partial charge >= 0.3 is 0 Å². The molecule has 0 atom stereocenters. The highest BCUT2D eigenvalue weighted by atomic mass is 79.9. The summed E-state index contributed by atoms with van der Waals surface area (Å²) in [6, 6.07) is 13.3. The van der Waals surface area contributed by atoms with Gasteiger partial charge in [0.1, 0.15) is 50.8 Å². The van der Waals surface area contributed by atoms with Crippen LogP contribution in [0.15, 0.2) is 46.9 Å². The van der Waals surface area contributed by atoms with Crippen LogP contribution in [0.2, 0.25) is 0 Å². The third kappa shape index (κ3) is 4.35. The van der Waals surface area contributed by atoms with E-state index in [9.17, 15) is 4.39 Å². The van der Waals surface area contributed by atoms with E-state index in [1.807, 2.05) is 24.3 Å². The Morgan fingerprint density at radius 1 is 0.958 bits per heavy atom. The Labute approximate surface area is 151 Å². The van der Waals surface area contributed by atoms with E-state index in [2.05, 4.69) is 22.0 Å². The molecule has 0 spiro atoms. The van der Waals surface area contributed by atoms with Crippen LogP contribution in [-0.2, 0) is 13.1 Å². The third-order valence-electron chi connectivity index (χ3n) is 4.75. The number of rotatable bonds is 5. The van der Waals surface area contributed by atoms with Crippen LogP contribution in [0.5, 0.6) is 5.75 Å². The fraction of sp³-hybridized carbons (Fsp3) is 0.368. The normalized spacial score (nSPS) is 20.8. The minimum absolute atomic E-state index is 0.0846. The molecule has 1 heterocycles. The van der Waals surface area contributed by atoms with Gasteiger partial charge < -0.3 is 14.5 Å². The largest absolute Gasteiger partial charge is 0.496 e. The van der Waals surface area contributed by atoms with Crippen molar-refractivity contribution >= 4 is 15.9 Å². The lowest BCUT2D eigenvalue weighted by atomic mass is 10.1. The van der Waals surface area contributed by atoms with Crippen LogP contribution in [0.1, 0.15) is 11.1 Å². The monoisotopic (exact) mass is 394 g/mol. The maximum absolute atomic E-state index is 13.8. The van der Waals surface area contributed by atoms with Crippen LogP contribution in [0.25, 0.3) is 0 Å². The molecule has 2 aromatic rings. The third-order valence-corrected chi connectivity index (χ3v) is 5.24. The second-order valence-corrected chi connectivity index (χ2v) is 7.32. The molecule has 5 heteroatoms. The van der Waals surface area contributed by atoms with E-state index in [-0.39, 0.29) is 5.82 Å². The lowest BCUT2D eigenvalue weighted by Gasteiger charge is -2.30. The summed E-state index contributed by atoms with van der Waals surface area (Å²) in [5.74, 6) is 0.866.